The minimum Gasteiger partial charge on any atom is -0.322 e. The Morgan fingerprint density at radius 2 is 2.14 bits per heavy atom. The van der Waals surface area contributed by atoms with E-state index in [0.717, 1.165) is 29.9 Å². The van der Waals surface area contributed by atoms with Crippen molar-refractivity contribution in [2.45, 2.75) is 26.7 Å². The van der Waals surface area contributed by atoms with E-state index >= 15 is 0 Å². The van der Waals surface area contributed by atoms with Gasteiger partial charge in [0.2, 0.25) is 0 Å². The van der Waals surface area contributed by atoms with E-state index in [2.05, 4.69) is 10.4 Å². The molecule has 0 atom stereocenters. The number of hydrogen-bond acceptors (Lipinski definition) is 2. The lowest BCUT2D eigenvalue weighted by atomic mass is 10.1. The van der Waals surface area contributed by atoms with E-state index in [1.807, 2.05) is 45.2 Å². The smallest absolute Gasteiger partial charge is 0.259 e. The molecule has 4 nitrogen and oxygen atoms in total. The summed E-state index contributed by atoms with van der Waals surface area (Å²) in [6.45, 7) is 3.74. The molecule has 0 saturated heterocycles. The van der Waals surface area contributed by atoms with Crippen molar-refractivity contribution in [3.63, 3.8) is 0 Å². The van der Waals surface area contributed by atoms with Crippen LogP contribution in [-0.2, 0) is 13.5 Å². The summed E-state index contributed by atoms with van der Waals surface area (Å²) >= 11 is 5.71. The Hall–Kier alpha value is -1.81. The zero-order chi connectivity index (χ0) is 15.4. The molecule has 21 heavy (non-hydrogen) atoms. The number of anilines is 1. The van der Waals surface area contributed by atoms with Gasteiger partial charge in [-0.3, -0.25) is 9.48 Å². The van der Waals surface area contributed by atoms with Crippen molar-refractivity contribution in [1.82, 2.24) is 9.78 Å². The maximum Gasteiger partial charge on any atom is 0.259 e. The Labute approximate surface area is 130 Å². The van der Waals surface area contributed by atoms with Crippen LogP contribution in [0.15, 0.2) is 24.3 Å². The number of alkyl halides is 1. The van der Waals surface area contributed by atoms with Gasteiger partial charge in [-0.2, -0.15) is 5.10 Å². The fraction of sp³-hybridized carbons (Fsp3) is 0.375. The quantitative estimate of drug-likeness (QED) is 0.860. The highest BCUT2D eigenvalue weighted by atomic mass is 35.5. The molecular weight excluding hydrogens is 286 g/mol. The summed E-state index contributed by atoms with van der Waals surface area (Å²) in [5.41, 5.74) is 4.22. The number of aryl methyl sites for hydroxylation is 3. The Bertz CT molecular complexity index is 649. The van der Waals surface area contributed by atoms with Crippen molar-refractivity contribution in [2.24, 2.45) is 7.05 Å². The molecule has 0 aliphatic rings. The minimum atomic E-state index is -0.118. The highest BCUT2D eigenvalue weighted by Crippen LogP contribution is 2.17. The molecule has 0 spiro atoms. The first-order valence-electron chi connectivity index (χ1n) is 6.99. The van der Waals surface area contributed by atoms with Gasteiger partial charge in [-0.05, 0) is 44.4 Å². The molecule has 2 aromatic rings. The molecule has 0 bridgehead atoms. The van der Waals surface area contributed by atoms with Gasteiger partial charge in [0.15, 0.2) is 0 Å². The fourth-order valence-electron chi connectivity index (χ4n) is 2.37. The van der Waals surface area contributed by atoms with E-state index in [0.29, 0.717) is 11.4 Å². The molecule has 0 aliphatic carbocycles. The number of nitrogens with zero attached hydrogens (tertiary/aromatic N) is 2. The monoisotopic (exact) mass is 305 g/mol. The second-order valence-corrected chi connectivity index (χ2v) is 5.49. The Balaban J connectivity index is 2.16. The maximum absolute atomic E-state index is 12.4. The van der Waals surface area contributed by atoms with Crippen LogP contribution in [0.4, 0.5) is 5.69 Å². The second-order valence-electron chi connectivity index (χ2n) is 5.12. The molecule has 112 valence electrons. The van der Waals surface area contributed by atoms with E-state index < -0.39 is 0 Å². The van der Waals surface area contributed by atoms with Gasteiger partial charge in [-0.25, -0.2) is 0 Å². The first kappa shape index (κ1) is 15.6. The number of nitrogens with one attached hydrogen (secondary N) is 1. The largest absolute Gasteiger partial charge is 0.322 e. The molecular formula is C16H20ClN3O. The average molecular weight is 306 g/mol. The van der Waals surface area contributed by atoms with Crippen molar-refractivity contribution in [1.29, 1.82) is 0 Å². The molecule has 1 amide bonds. The van der Waals surface area contributed by atoms with Gasteiger partial charge in [0.05, 0.1) is 11.3 Å². The van der Waals surface area contributed by atoms with Gasteiger partial charge in [-0.1, -0.05) is 12.1 Å². The van der Waals surface area contributed by atoms with Crippen LogP contribution in [0.1, 0.15) is 33.7 Å². The van der Waals surface area contributed by atoms with E-state index in [1.165, 1.54) is 5.56 Å². The predicted octanol–water partition coefficient (Wildman–Crippen LogP) is 3.46. The number of carbonyl (C=O) groups excluding carboxylic acids is 1. The van der Waals surface area contributed by atoms with Crippen LogP contribution in [0.3, 0.4) is 0 Å². The molecule has 0 aliphatic heterocycles. The third-order valence-electron chi connectivity index (χ3n) is 3.52. The highest BCUT2D eigenvalue weighted by Gasteiger charge is 2.17. The maximum atomic E-state index is 12.4. The number of hydrogen-bond donors (Lipinski definition) is 1. The number of carbonyl (C=O) groups is 1. The molecule has 0 unspecified atom stereocenters. The standard InChI is InChI=1S/C16H20ClN3O/c1-11-15(12(2)20(3)19-11)16(21)18-14-8-4-6-13(10-14)7-5-9-17/h4,6,8,10H,5,7,9H2,1-3H3,(H,18,21). The topological polar surface area (TPSA) is 46.9 Å². The van der Waals surface area contributed by atoms with Crippen molar-refractivity contribution < 1.29 is 4.79 Å². The second kappa shape index (κ2) is 6.76. The van der Waals surface area contributed by atoms with E-state index in [1.54, 1.807) is 4.68 Å². The van der Waals surface area contributed by atoms with Crippen LogP contribution in [0.25, 0.3) is 0 Å². The third kappa shape index (κ3) is 3.64. The first-order valence-corrected chi connectivity index (χ1v) is 7.53. The van der Waals surface area contributed by atoms with Crippen molar-refractivity contribution in [3.8, 4) is 0 Å². The predicted molar refractivity (Wildman–Crippen MR) is 86.1 cm³/mol. The van der Waals surface area contributed by atoms with Gasteiger partial charge in [-0.15, -0.1) is 11.6 Å². The minimum absolute atomic E-state index is 0.118. The molecule has 0 saturated carbocycles. The average Bonchev–Trinajstić information content (AvgIpc) is 2.70. The van der Waals surface area contributed by atoms with Crippen LogP contribution in [0, 0.1) is 13.8 Å². The van der Waals surface area contributed by atoms with Crippen molar-refractivity contribution >= 4 is 23.2 Å². The first-order chi connectivity index (χ1) is 10.0. The van der Waals surface area contributed by atoms with Gasteiger partial charge in [0.25, 0.3) is 5.91 Å². The zero-order valence-corrected chi connectivity index (χ0v) is 13.4. The van der Waals surface area contributed by atoms with Crippen molar-refractivity contribution in [2.75, 3.05) is 11.2 Å². The summed E-state index contributed by atoms with van der Waals surface area (Å²) in [4.78, 5) is 12.4. The van der Waals surface area contributed by atoms with E-state index in [9.17, 15) is 4.79 Å². The SMILES string of the molecule is Cc1nn(C)c(C)c1C(=O)Nc1cccc(CCCCl)c1. The van der Waals surface area contributed by atoms with Crippen LogP contribution >= 0.6 is 11.6 Å². The summed E-state index contributed by atoms with van der Waals surface area (Å²) in [6, 6.07) is 7.87. The Morgan fingerprint density at radius 1 is 1.38 bits per heavy atom. The zero-order valence-electron chi connectivity index (χ0n) is 12.6. The molecule has 1 heterocycles. The van der Waals surface area contributed by atoms with Crippen LogP contribution in [-0.4, -0.2) is 21.6 Å². The number of halogens is 1. The fourth-order valence-corrected chi connectivity index (χ4v) is 2.50. The Kier molecular flexibility index (Phi) is 5.02. The van der Waals surface area contributed by atoms with Crippen LogP contribution in [0.2, 0.25) is 0 Å². The van der Waals surface area contributed by atoms with Gasteiger partial charge in [0.1, 0.15) is 0 Å². The highest BCUT2D eigenvalue weighted by molar-refractivity contribution is 6.17. The number of amides is 1. The van der Waals surface area contributed by atoms with Gasteiger partial charge in [0, 0.05) is 24.3 Å². The molecule has 0 fully saturated rings. The van der Waals surface area contributed by atoms with Crippen molar-refractivity contribution in [3.05, 3.63) is 46.8 Å². The van der Waals surface area contributed by atoms with E-state index in [4.69, 9.17) is 11.6 Å². The summed E-state index contributed by atoms with van der Waals surface area (Å²) < 4.78 is 1.72. The van der Waals surface area contributed by atoms with E-state index in [-0.39, 0.29) is 5.91 Å². The lowest BCUT2D eigenvalue weighted by molar-refractivity contribution is 0.102. The normalized spacial score (nSPS) is 10.7. The van der Waals surface area contributed by atoms with Gasteiger partial charge < -0.3 is 5.32 Å². The number of rotatable bonds is 5. The van der Waals surface area contributed by atoms with Gasteiger partial charge >= 0.3 is 0 Å². The molecule has 1 aromatic heterocycles. The summed E-state index contributed by atoms with van der Waals surface area (Å²) in [5.74, 6) is 0.526. The summed E-state index contributed by atoms with van der Waals surface area (Å²) in [7, 11) is 1.84. The Morgan fingerprint density at radius 3 is 2.76 bits per heavy atom. The number of aromatic nitrogens is 2. The lowest BCUT2D eigenvalue weighted by Crippen LogP contribution is -2.14. The molecule has 2 rings (SSSR count). The van der Waals surface area contributed by atoms with Crippen LogP contribution < -0.4 is 5.32 Å². The molecule has 1 aromatic carbocycles. The summed E-state index contributed by atoms with van der Waals surface area (Å²) in [5, 5.41) is 7.22. The third-order valence-corrected chi connectivity index (χ3v) is 3.79. The summed E-state index contributed by atoms with van der Waals surface area (Å²) in [6.07, 6.45) is 1.85. The molecule has 1 N–H and O–H groups in total. The lowest BCUT2D eigenvalue weighted by Gasteiger charge is -2.07. The molecule has 5 heteroatoms. The number of benzene rings is 1. The molecule has 0 radical (unpaired) electrons. The van der Waals surface area contributed by atoms with Crippen LogP contribution in [0.5, 0.6) is 0 Å².